The van der Waals surface area contributed by atoms with Gasteiger partial charge in [0, 0.05) is 25.4 Å². The van der Waals surface area contributed by atoms with Crippen LogP contribution in [-0.4, -0.2) is 40.5 Å². The molecule has 0 radical (unpaired) electrons. The maximum absolute atomic E-state index is 12.7. The Bertz CT molecular complexity index is 749. The molecule has 124 valence electrons. The molecule has 1 aromatic carbocycles. The van der Waals surface area contributed by atoms with Crippen LogP contribution >= 0.6 is 15.9 Å². The van der Waals surface area contributed by atoms with E-state index in [0.29, 0.717) is 0 Å². The molecule has 1 aliphatic rings. The van der Waals surface area contributed by atoms with Gasteiger partial charge in [0.15, 0.2) is 0 Å². The predicted molar refractivity (Wildman–Crippen MR) is 90.6 cm³/mol. The van der Waals surface area contributed by atoms with E-state index < -0.39 is 6.03 Å². The molecular weight excluding hydrogens is 376 g/mol. The molecule has 0 unspecified atom stereocenters. The molecule has 7 nitrogen and oxygen atoms in total. The van der Waals surface area contributed by atoms with E-state index >= 15 is 0 Å². The Morgan fingerprint density at radius 3 is 2.46 bits per heavy atom. The highest BCUT2D eigenvalue weighted by Gasteiger charge is 2.34. The van der Waals surface area contributed by atoms with E-state index in [4.69, 9.17) is 4.74 Å². The Kier molecular flexibility index (Phi) is 4.75. The number of amides is 3. The fourth-order valence-corrected chi connectivity index (χ4v) is 2.59. The molecule has 1 aromatic heterocycles. The maximum atomic E-state index is 12.7. The number of carbonyl (C=O) groups is 2. The summed E-state index contributed by atoms with van der Waals surface area (Å²) >= 11 is 3.26. The first-order valence-corrected chi connectivity index (χ1v) is 8.10. The molecule has 2 heterocycles. The zero-order valence-electron chi connectivity index (χ0n) is 13.0. The van der Waals surface area contributed by atoms with Gasteiger partial charge in [0.1, 0.15) is 5.75 Å². The smallest absolute Gasteiger partial charge is 0.333 e. The summed E-state index contributed by atoms with van der Waals surface area (Å²) in [7, 11) is 1.59. The minimum atomic E-state index is -0.413. The van der Waals surface area contributed by atoms with Crippen LogP contribution in [-0.2, 0) is 11.3 Å². The average molecular weight is 391 g/mol. The SMILES string of the molecule is COc1ccc(CN2C(=O)CCN(c3ncc(Br)cn3)C2=O)cc1. The molecule has 1 saturated heterocycles. The number of anilines is 1. The summed E-state index contributed by atoms with van der Waals surface area (Å²) in [5.41, 5.74) is 0.844. The van der Waals surface area contributed by atoms with E-state index in [1.165, 1.54) is 9.80 Å². The molecule has 0 bridgehead atoms. The molecule has 0 atom stereocenters. The summed E-state index contributed by atoms with van der Waals surface area (Å²) in [4.78, 5) is 35.7. The van der Waals surface area contributed by atoms with Crippen molar-refractivity contribution < 1.29 is 14.3 Å². The van der Waals surface area contributed by atoms with Crippen LogP contribution in [0.4, 0.5) is 10.7 Å². The molecule has 2 aromatic rings. The number of rotatable bonds is 4. The maximum Gasteiger partial charge on any atom is 0.333 e. The van der Waals surface area contributed by atoms with Gasteiger partial charge in [-0.05, 0) is 33.6 Å². The van der Waals surface area contributed by atoms with Crippen LogP contribution in [0, 0.1) is 0 Å². The summed E-state index contributed by atoms with van der Waals surface area (Å²) in [6.45, 7) is 0.479. The summed E-state index contributed by atoms with van der Waals surface area (Å²) in [6, 6.07) is 6.83. The number of benzene rings is 1. The van der Waals surface area contributed by atoms with Gasteiger partial charge in [-0.3, -0.25) is 14.6 Å². The highest BCUT2D eigenvalue weighted by atomic mass is 79.9. The number of urea groups is 1. The van der Waals surface area contributed by atoms with Crippen LogP contribution in [0.5, 0.6) is 5.75 Å². The summed E-state index contributed by atoms with van der Waals surface area (Å²) in [6.07, 6.45) is 3.38. The molecule has 1 fully saturated rings. The standard InChI is InChI=1S/C16H15BrN4O3/c1-24-13-4-2-11(3-5-13)10-21-14(22)6-7-20(16(21)23)15-18-8-12(17)9-19-15/h2-5,8-9H,6-7,10H2,1H3. The van der Waals surface area contributed by atoms with E-state index in [9.17, 15) is 9.59 Å². The van der Waals surface area contributed by atoms with E-state index in [1.807, 2.05) is 12.1 Å². The van der Waals surface area contributed by atoms with Gasteiger partial charge >= 0.3 is 6.03 Å². The number of methoxy groups -OCH3 is 1. The van der Waals surface area contributed by atoms with Crippen molar-refractivity contribution in [1.82, 2.24) is 14.9 Å². The Labute approximate surface area is 147 Å². The van der Waals surface area contributed by atoms with Crippen LogP contribution < -0.4 is 9.64 Å². The van der Waals surface area contributed by atoms with Crippen LogP contribution in [0.25, 0.3) is 0 Å². The second-order valence-electron chi connectivity index (χ2n) is 5.21. The number of aromatic nitrogens is 2. The van der Waals surface area contributed by atoms with Crippen LogP contribution in [0.3, 0.4) is 0 Å². The van der Waals surface area contributed by atoms with Crippen molar-refractivity contribution >= 4 is 33.8 Å². The minimum absolute atomic E-state index is 0.203. The molecule has 3 rings (SSSR count). The average Bonchev–Trinajstić information content (AvgIpc) is 2.60. The lowest BCUT2D eigenvalue weighted by Gasteiger charge is -2.32. The number of imide groups is 1. The third kappa shape index (κ3) is 3.38. The molecule has 0 N–H and O–H groups in total. The first-order chi connectivity index (χ1) is 11.6. The number of halogens is 1. The lowest BCUT2D eigenvalue weighted by molar-refractivity contribution is -0.129. The lowest BCUT2D eigenvalue weighted by Crippen LogP contribution is -2.52. The van der Waals surface area contributed by atoms with E-state index in [2.05, 4.69) is 25.9 Å². The van der Waals surface area contributed by atoms with Gasteiger partial charge in [-0.1, -0.05) is 12.1 Å². The first kappa shape index (κ1) is 16.4. The van der Waals surface area contributed by atoms with Crippen LogP contribution in [0.2, 0.25) is 0 Å². The van der Waals surface area contributed by atoms with Gasteiger partial charge < -0.3 is 4.74 Å². The molecule has 1 aliphatic heterocycles. The van der Waals surface area contributed by atoms with Crippen molar-refractivity contribution in [2.45, 2.75) is 13.0 Å². The fourth-order valence-electron chi connectivity index (χ4n) is 2.39. The number of carbonyl (C=O) groups excluding carboxylic acids is 2. The van der Waals surface area contributed by atoms with Crippen molar-refractivity contribution in [2.75, 3.05) is 18.6 Å². The minimum Gasteiger partial charge on any atom is -0.497 e. The Hall–Kier alpha value is -2.48. The second kappa shape index (κ2) is 6.96. The topological polar surface area (TPSA) is 75.6 Å². The summed E-state index contributed by atoms with van der Waals surface area (Å²) < 4.78 is 5.83. The number of ether oxygens (including phenoxy) is 1. The van der Waals surface area contributed by atoms with Gasteiger partial charge in [-0.2, -0.15) is 0 Å². The third-order valence-corrected chi connectivity index (χ3v) is 4.07. The highest BCUT2D eigenvalue weighted by molar-refractivity contribution is 9.10. The van der Waals surface area contributed by atoms with Crippen molar-refractivity contribution in [2.24, 2.45) is 0 Å². The quantitative estimate of drug-likeness (QED) is 0.801. The van der Waals surface area contributed by atoms with Crippen molar-refractivity contribution in [3.63, 3.8) is 0 Å². The molecule has 8 heteroatoms. The zero-order valence-corrected chi connectivity index (χ0v) is 14.6. The third-order valence-electron chi connectivity index (χ3n) is 3.66. The van der Waals surface area contributed by atoms with Crippen LogP contribution in [0.15, 0.2) is 41.1 Å². The van der Waals surface area contributed by atoms with Gasteiger partial charge in [-0.25, -0.2) is 14.8 Å². The highest BCUT2D eigenvalue weighted by Crippen LogP contribution is 2.20. The Morgan fingerprint density at radius 2 is 1.83 bits per heavy atom. The normalized spacial score (nSPS) is 14.9. The predicted octanol–water partition coefficient (Wildman–Crippen LogP) is 2.61. The van der Waals surface area contributed by atoms with Gasteiger partial charge in [0.25, 0.3) is 0 Å². The zero-order chi connectivity index (χ0) is 17.1. The largest absolute Gasteiger partial charge is 0.497 e. The first-order valence-electron chi connectivity index (χ1n) is 7.31. The van der Waals surface area contributed by atoms with Crippen molar-refractivity contribution in [3.05, 3.63) is 46.7 Å². The lowest BCUT2D eigenvalue weighted by atomic mass is 10.2. The number of hydrogen-bond acceptors (Lipinski definition) is 5. The molecule has 0 saturated carbocycles. The Morgan fingerprint density at radius 1 is 1.17 bits per heavy atom. The summed E-state index contributed by atoms with van der Waals surface area (Å²) in [5.74, 6) is 0.805. The van der Waals surface area contributed by atoms with Crippen LogP contribution in [0.1, 0.15) is 12.0 Å². The van der Waals surface area contributed by atoms with E-state index in [-0.39, 0.29) is 31.4 Å². The number of nitrogens with zero attached hydrogens (tertiary/aromatic N) is 4. The summed E-state index contributed by atoms with van der Waals surface area (Å²) in [5, 5.41) is 0. The Balaban J connectivity index is 1.79. The van der Waals surface area contributed by atoms with E-state index in [0.717, 1.165) is 15.8 Å². The molecule has 24 heavy (non-hydrogen) atoms. The van der Waals surface area contributed by atoms with Gasteiger partial charge in [-0.15, -0.1) is 0 Å². The molecule has 3 amide bonds. The van der Waals surface area contributed by atoms with Gasteiger partial charge in [0.2, 0.25) is 11.9 Å². The monoisotopic (exact) mass is 390 g/mol. The molecule has 0 spiro atoms. The van der Waals surface area contributed by atoms with Crippen molar-refractivity contribution in [1.29, 1.82) is 0 Å². The second-order valence-corrected chi connectivity index (χ2v) is 6.13. The van der Waals surface area contributed by atoms with Crippen molar-refractivity contribution in [3.8, 4) is 5.75 Å². The van der Waals surface area contributed by atoms with Gasteiger partial charge in [0.05, 0.1) is 18.1 Å². The fraction of sp³-hybridized carbons (Fsp3) is 0.250. The molecular formula is C16H15BrN4O3. The molecule has 0 aliphatic carbocycles. The van der Waals surface area contributed by atoms with E-state index in [1.54, 1.807) is 31.6 Å². The number of hydrogen-bond donors (Lipinski definition) is 0.